The van der Waals surface area contributed by atoms with Crippen molar-refractivity contribution in [3.63, 3.8) is 0 Å². The third-order valence-corrected chi connectivity index (χ3v) is 4.13. The highest BCUT2D eigenvalue weighted by Crippen LogP contribution is 2.55. The molecule has 3 atom stereocenters. The maximum atomic E-state index is 12.9. The number of Topliss-reactive ketones (excluding diaryl/α,β-unsaturated/α-hetero) is 1. The highest BCUT2D eigenvalue weighted by Gasteiger charge is 2.55. The average Bonchev–Trinajstić information content (AvgIpc) is 2.31. The minimum absolute atomic E-state index is 0.0652. The molecular formula is C14H17FO. The number of carbonyl (C=O) groups is 1. The zero-order valence-electron chi connectivity index (χ0n) is 9.96. The Morgan fingerprint density at radius 3 is 2.38 bits per heavy atom. The second kappa shape index (κ2) is 3.69. The second-order valence-corrected chi connectivity index (χ2v) is 4.95. The van der Waals surface area contributed by atoms with Crippen LogP contribution in [0, 0.1) is 17.2 Å². The van der Waals surface area contributed by atoms with Crippen LogP contribution >= 0.6 is 0 Å². The Labute approximate surface area is 95.7 Å². The molecule has 0 amide bonds. The number of halogens is 1. The molecule has 2 rings (SSSR count). The molecule has 16 heavy (non-hydrogen) atoms. The minimum atomic E-state index is -0.253. The fourth-order valence-electron chi connectivity index (χ4n) is 3.00. The molecule has 0 bridgehead atoms. The van der Waals surface area contributed by atoms with Crippen molar-refractivity contribution in [1.82, 2.24) is 0 Å². The Bertz CT molecular complexity index is 409. The van der Waals surface area contributed by atoms with Crippen LogP contribution in [0.2, 0.25) is 0 Å². The van der Waals surface area contributed by atoms with Gasteiger partial charge in [-0.25, -0.2) is 4.39 Å². The molecule has 1 aliphatic rings. The van der Waals surface area contributed by atoms with E-state index < -0.39 is 0 Å². The number of hydrogen-bond donors (Lipinski definition) is 0. The van der Waals surface area contributed by atoms with Gasteiger partial charge in [0.05, 0.1) is 0 Å². The molecular weight excluding hydrogens is 203 g/mol. The molecule has 1 fully saturated rings. The number of hydrogen-bond acceptors (Lipinski definition) is 1. The Balaban J connectivity index is 2.34. The van der Waals surface area contributed by atoms with E-state index in [0.29, 0.717) is 5.78 Å². The molecule has 1 saturated carbocycles. The van der Waals surface area contributed by atoms with Gasteiger partial charge in [-0.05, 0) is 24.1 Å². The molecule has 2 heteroatoms. The summed E-state index contributed by atoms with van der Waals surface area (Å²) in [5.74, 6) is 0.422. The molecule has 0 aromatic heterocycles. The highest BCUT2D eigenvalue weighted by atomic mass is 19.1. The fraction of sp³-hybridized carbons (Fsp3) is 0.500. The lowest BCUT2D eigenvalue weighted by Gasteiger charge is -2.50. The van der Waals surface area contributed by atoms with Crippen molar-refractivity contribution in [3.8, 4) is 0 Å². The summed E-state index contributed by atoms with van der Waals surface area (Å²) in [6.45, 7) is 6.03. The van der Waals surface area contributed by atoms with Crippen LogP contribution in [-0.2, 0) is 4.79 Å². The van der Waals surface area contributed by atoms with Crippen molar-refractivity contribution in [3.05, 3.63) is 35.6 Å². The zero-order valence-corrected chi connectivity index (χ0v) is 9.96. The van der Waals surface area contributed by atoms with E-state index in [1.54, 1.807) is 12.1 Å². The molecule has 0 spiro atoms. The molecule has 0 radical (unpaired) electrons. The first-order chi connectivity index (χ1) is 7.50. The van der Waals surface area contributed by atoms with Crippen molar-refractivity contribution >= 4 is 5.78 Å². The summed E-state index contributed by atoms with van der Waals surface area (Å²) >= 11 is 0. The summed E-state index contributed by atoms with van der Waals surface area (Å²) in [5.41, 5.74) is 0.829. The smallest absolute Gasteiger partial charge is 0.142 e. The molecule has 1 nitrogen and oxygen atoms in total. The van der Waals surface area contributed by atoms with E-state index in [0.717, 1.165) is 12.0 Å². The van der Waals surface area contributed by atoms with Gasteiger partial charge in [0.15, 0.2) is 0 Å². The lowest BCUT2D eigenvalue weighted by molar-refractivity contribution is -0.147. The molecule has 1 aromatic carbocycles. The van der Waals surface area contributed by atoms with Gasteiger partial charge in [-0.3, -0.25) is 4.79 Å². The maximum Gasteiger partial charge on any atom is 0.142 e. The highest BCUT2D eigenvalue weighted by molar-refractivity contribution is 5.95. The predicted octanol–water partition coefficient (Wildman–Crippen LogP) is 3.54. The topological polar surface area (TPSA) is 17.1 Å². The molecule has 0 aliphatic heterocycles. The van der Waals surface area contributed by atoms with Crippen molar-refractivity contribution < 1.29 is 9.18 Å². The van der Waals surface area contributed by atoms with Gasteiger partial charge >= 0.3 is 0 Å². The zero-order chi connectivity index (χ0) is 11.9. The molecule has 1 aliphatic carbocycles. The van der Waals surface area contributed by atoms with Crippen LogP contribution in [0.4, 0.5) is 4.39 Å². The monoisotopic (exact) mass is 220 g/mol. The molecule has 0 heterocycles. The van der Waals surface area contributed by atoms with E-state index in [1.165, 1.54) is 12.1 Å². The van der Waals surface area contributed by atoms with Crippen LogP contribution in [0.1, 0.15) is 38.7 Å². The van der Waals surface area contributed by atoms with E-state index in [1.807, 2.05) is 20.8 Å². The molecule has 1 aromatic rings. The largest absolute Gasteiger partial charge is 0.299 e. The first-order valence-electron chi connectivity index (χ1n) is 5.80. The Kier molecular flexibility index (Phi) is 2.61. The molecule has 3 unspecified atom stereocenters. The van der Waals surface area contributed by atoms with Gasteiger partial charge in [0.1, 0.15) is 11.6 Å². The van der Waals surface area contributed by atoms with Gasteiger partial charge in [0, 0.05) is 17.3 Å². The van der Waals surface area contributed by atoms with E-state index in [-0.39, 0.29) is 23.1 Å². The lowest BCUT2D eigenvalue weighted by atomic mass is 9.51. The van der Waals surface area contributed by atoms with Gasteiger partial charge in [-0.1, -0.05) is 32.9 Å². The number of rotatable bonds is 2. The summed E-state index contributed by atoms with van der Waals surface area (Å²) in [5, 5.41) is 0. The number of benzene rings is 1. The Morgan fingerprint density at radius 2 is 1.88 bits per heavy atom. The van der Waals surface area contributed by atoms with Crippen molar-refractivity contribution in [2.75, 3.05) is 0 Å². The Morgan fingerprint density at radius 1 is 1.31 bits per heavy atom. The standard InChI is InChI=1S/C14H17FO/c1-4-14(3)12(9(2)13(14)16)10-5-7-11(15)8-6-10/h5-9,12H,4H2,1-3H3. The summed E-state index contributed by atoms with van der Waals surface area (Å²) in [4.78, 5) is 11.9. The van der Waals surface area contributed by atoms with Crippen LogP contribution in [-0.4, -0.2) is 5.78 Å². The quantitative estimate of drug-likeness (QED) is 0.745. The van der Waals surface area contributed by atoms with Crippen molar-refractivity contribution in [1.29, 1.82) is 0 Å². The third kappa shape index (κ3) is 1.40. The first-order valence-corrected chi connectivity index (χ1v) is 5.80. The first kappa shape index (κ1) is 11.3. The van der Waals surface area contributed by atoms with E-state index >= 15 is 0 Å². The third-order valence-electron chi connectivity index (χ3n) is 4.13. The summed E-state index contributed by atoms with van der Waals surface area (Å²) in [7, 11) is 0. The maximum absolute atomic E-state index is 12.9. The van der Waals surface area contributed by atoms with Crippen molar-refractivity contribution in [2.45, 2.75) is 33.1 Å². The van der Waals surface area contributed by atoms with Crippen LogP contribution < -0.4 is 0 Å². The Hall–Kier alpha value is -1.18. The van der Waals surface area contributed by atoms with E-state index in [4.69, 9.17) is 0 Å². The fourth-order valence-corrected chi connectivity index (χ4v) is 3.00. The lowest BCUT2D eigenvalue weighted by Crippen LogP contribution is -2.52. The average molecular weight is 220 g/mol. The van der Waals surface area contributed by atoms with Gasteiger partial charge in [-0.2, -0.15) is 0 Å². The molecule has 0 N–H and O–H groups in total. The van der Waals surface area contributed by atoms with Gasteiger partial charge < -0.3 is 0 Å². The number of ketones is 1. The van der Waals surface area contributed by atoms with Crippen LogP contribution in [0.5, 0.6) is 0 Å². The molecule has 0 saturated heterocycles. The summed E-state index contributed by atoms with van der Waals surface area (Å²) in [6.07, 6.45) is 0.845. The predicted molar refractivity (Wildman–Crippen MR) is 61.7 cm³/mol. The van der Waals surface area contributed by atoms with Gasteiger partial charge in [0.25, 0.3) is 0 Å². The van der Waals surface area contributed by atoms with Crippen LogP contribution in [0.15, 0.2) is 24.3 Å². The van der Waals surface area contributed by atoms with Gasteiger partial charge in [0.2, 0.25) is 0 Å². The molecule has 86 valence electrons. The normalized spacial score (nSPS) is 33.6. The summed E-state index contributed by atoms with van der Waals surface area (Å²) in [6, 6.07) is 6.55. The minimum Gasteiger partial charge on any atom is -0.299 e. The van der Waals surface area contributed by atoms with Crippen LogP contribution in [0.25, 0.3) is 0 Å². The van der Waals surface area contributed by atoms with Crippen LogP contribution in [0.3, 0.4) is 0 Å². The summed E-state index contributed by atoms with van der Waals surface area (Å²) < 4.78 is 12.9. The van der Waals surface area contributed by atoms with Gasteiger partial charge in [-0.15, -0.1) is 0 Å². The second-order valence-electron chi connectivity index (χ2n) is 4.95. The number of carbonyl (C=O) groups excluding carboxylic acids is 1. The SMILES string of the molecule is CCC1(C)C(=O)C(C)C1c1ccc(F)cc1. The van der Waals surface area contributed by atoms with Crippen molar-refractivity contribution in [2.24, 2.45) is 11.3 Å². The van der Waals surface area contributed by atoms with E-state index in [2.05, 4.69) is 0 Å². The van der Waals surface area contributed by atoms with E-state index in [9.17, 15) is 9.18 Å².